The summed E-state index contributed by atoms with van der Waals surface area (Å²) in [6.45, 7) is 0. The van der Waals surface area contributed by atoms with Gasteiger partial charge in [-0.2, -0.15) is 33.7 Å². The molecular weight excluding hydrogens is 728 g/mol. The van der Waals surface area contributed by atoms with E-state index in [1.54, 1.807) is 0 Å². The van der Waals surface area contributed by atoms with E-state index in [2.05, 4.69) is 0 Å². The zero-order valence-electron chi connectivity index (χ0n) is 19.8. The maximum absolute atomic E-state index is 11.3. The number of halogens is 4. The van der Waals surface area contributed by atoms with E-state index in [-0.39, 0.29) is 75.4 Å². The monoisotopic (exact) mass is 736 g/mol. The van der Waals surface area contributed by atoms with Crippen LogP contribution in [0, 0.1) is 0 Å². The molecule has 0 N–H and O–H groups in total. The van der Waals surface area contributed by atoms with Crippen LogP contribution in [0.15, 0.2) is 0 Å². The van der Waals surface area contributed by atoms with Crippen LogP contribution in [0.1, 0.15) is 0 Å². The van der Waals surface area contributed by atoms with Crippen molar-refractivity contribution >= 4 is 81.4 Å². The van der Waals surface area contributed by atoms with E-state index in [1.165, 1.54) is 0 Å². The Balaban J connectivity index is -0.0000000551. The Morgan fingerprint density at radius 3 is 0.375 bits per heavy atom. The van der Waals surface area contributed by atoms with Crippen molar-refractivity contribution in [2.75, 3.05) is 20.3 Å². The molecule has 0 amide bonds. The summed E-state index contributed by atoms with van der Waals surface area (Å²) in [6.07, 6.45) is 0. The minimum absolute atomic E-state index is 0. The summed E-state index contributed by atoms with van der Waals surface area (Å²) in [7, 11) is -40.7. The molecular formula is C4H8F4Li4O20S8. The Labute approximate surface area is 275 Å². The molecule has 0 atom stereocenters. The summed E-state index contributed by atoms with van der Waals surface area (Å²) in [6, 6.07) is 0. The molecule has 0 aromatic rings. The van der Waals surface area contributed by atoms with Crippen LogP contribution in [-0.2, 0) is 81.4 Å². The minimum Gasteiger partial charge on any atom is -0.747 e. The van der Waals surface area contributed by atoms with Gasteiger partial charge < -0.3 is 18.2 Å². The molecule has 0 aliphatic rings. The predicted octanol–water partition coefficient (Wildman–Crippen LogP) is -16.8. The molecule has 0 rings (SSSR count). The van der Waals surface area contributed by atoms with Crippen molar-refractivity contribution in [2.45, 2.75) is 0 Å². The van der Waals surface area contributed by atoms with Crippen LogP contribution in [0.5, 0.6) is 0 Å². The van der Waals surface area contributed by atoms with Crippen LogP contribution >= 0.6 is 0 Å². The van der Waals surface area contributed by atoms with E-state index in [1.807, 2.05) is 0 Å². The molecule has 0 radical (unpaired) electrons. The molecule has 0 aromatic carbocycles. The third kappa shape index (κ3) is 90.0. The van der Waals surface area contributed by atoms with Gasteiger partial charge in [-0.05, 0) is 0 Å². The van der Waals surface area contributed by atoms with Crippen molar-refractivity contribution in [3.63, 3.8) is 0 Å². The van der Waals surface area contributed by atoms with Gasteiger partial charge in [-0.3, -0.25) is 0 Å². The van der Waals surface area contributed by atoms with Gasteiger partial charge in [0.2, 0.25) is 0 Å². The largest absolute Gasteiger partial charge is 1.00 e. The van der Waals surface area contributed by atoms with Crippen LogP contribution in [0.4, 0.5) is 15.5 Å². The van der Waals surface area contributed by atoms with Crippen LogP contribution in [0.3, 0.4) is 0 Å². The fraction of sp³-hybridized carbons (Fsp3) is 1.00. The molecule has 36 heteroatoms. The molecule has 0 unspecified atom stereocenters. The molecule has 0 bridgehead atoms. The van der Waals surface area contributed by atoms with Crippen LogP contribution in [0.25, 0.3) is 0 Å². The maximum atomic E-state index is 11.3. The second-order valence-corrected chi connectivity index (χ2v) is 17.4. The first-order valence-corrected chi connectivity index (χ1v) is 18.8. The fourth-order valence-corrected chi connectivity index (χ4v) is 6.21. The van der Waals surface area contributed by atoms with Gasteiger partial charge >= 0.3 is 116 Å². The second kappa shape index (κ2) is 22.1. The van der Waals surface area contributed by atoms with Crippen LogP contribution in [-0.4, -0.2) is 106 Å². The SMILES string of the molecule is O=S(=O)([O-])CS(=O)(=O)F.O=S(=O)([O-])CS(=O)(=O)F.O=S(=O)([O-])CS(=O)(=O)F.O=S(=O)([O-])CS(=O)(=O)F.[Li+].[Li+].[Li+].[Li+]. The second-order valence-electron chi connectivity index (χ2n) is 4.86. The molecule has 0 fully saturated rings. The van der Waals surface area contributed by atoms with Gasteiger partial charge in [-0.15, -0.1) is 15.5 Å². The molecule has 0 aliphatic heterocycles. The van der Waals surface area contributed by atoms with E-state index in [4.69, 9.17) is 0 Å². The van der Waals surface area contributed by atoms with E-state index < -0.39 is 102 Å². The normalized spacial score (nSPS) is 12.2. The first-order chi connectivity index (χ1) is 14.8. The smallest absolute Gasteiger partial charge is 0.747 e. The molecule has 0 saturated heterocycles. The third-order valence-electron chi connectivity index (χ3n) is 1.14. The zero-order chi connectivity index (χ0) is 30.8. The standard InChI is InChI=1S/4CH3FO5S2.4Li/c4*2-8(3,4)1-9(5,6)7;;;;/h4*1H2,(H,5,6,7);;;;/q;;;;4*+1/p-4. The van der Waals surface area contributed by atoms with Gasteiger partial charge in [0.25, 0.3) is 0 Å². The molecule has 0 aliphatic carbocycles. The summed E-state index contributed by atoms with van der Waals surface area (Å²) in [5.41, 5.74) is 0. The summed E-state index contributed by atoms with van der Waals surface area (Å²) in [5.74, 6) is 0. The van der Waals surface area contributed by atoms with Crippen molar-refractivity contribution in [3.8, 4) is 0 Å². The Bertz CT molecular complexity index is 1230. The third-order valence-corrected chi connectivity index (χ3v) is 10.3. The van der Waals surface area contributed by atoms with Gasteiger partial charge in [0.1, 0.15) is 40.5 Å². The molecule has 0 heterocycles. The summed E-state index contributed by atoms with van der Waals surface area (Å²) in [4.78, 5) is 0. The van der Waals surface area contributed by atoms with Crippen molar-refractivity contribution in [2.24, 2.45) is 0 Å². The maximum Gasteiger partial charge on any atom is 1.00 e. The molecule has 40 heavy (non-hydrogen) atoms. The summed E-state index contributed by atoms with van der Waals surface area (Å²) < 4.78 is 234. The number of hydrogen-bond donors (Lipinski definition) is 0. The summed E-state index contributed by atoms with van der Waals surface area (Å²) >= 11 is 0. The number of hydrogen-bond acceptors (Lipinski definition) is 20. The topological polar surface area (TPSA) is 365 Å². The van der Waals surface area contributed by atoms with Crippen LogP contribution in [0.2, 0.25) is 0 Å². The van der Waals surface area contributed by atoms with Gasteiger partial charge in [-0.25, -0.2) is 33.7 Å². The van der Waals surface area contributed by atoms with Crippen molar-refractivity contribution in [1.29, 1.82) is 0 Å². The average Bonchev–Trinajstić information content (AvgIpc) is 2.19. The number of rotatable bonds is 8. The van der Waals surface area contributed by atoms with E-state index in [0.29, 0.717) is 0 Å². The van der Waals surface area contributed by atoms with Crippen molar-refractivity contribution < 1.29 is 177 Å². The molecule has 0 saturated carbocycles. The van der Waals surface area contributed by atoms with Crippen molar-refractivity contribution in [1.82, 2.24) is 0 Å². The van der Waals surface area contributed by atoms with Gasteiger partial charge in [0.15, 0.2) is 20.3 Å². The van der Waals surface area contributed by atoms with Gasteiger partial charge in [-0.1, -0.05) is 0 Å². The first-order valence-electron chi connectivity index (χ1n) is 6.26. The van der Waals surface area contributed by atoms with E-state index in [9.17, 15) is 101 Å². The van der Waals surface area contributed by atoms with Gasteiger partial charge in [0, 0.05) is 0 Å². The Hall–Kier alpha value is 1.55. The Morgan fingerprint density at radius 2 is 0.375 bits per heavy atom. The van der Waals surface area contributed by atoms with Gasteiger partial charge in [0.05, 0.1) is 0 Å². The average molecular weight is 736 g/mol. The molecule has 20 nitrogen and oxygen atoms in total. The quantitative estimate of drug-likeness (QED) is 0.0966. The Kier molecular flexibility index (Phi) is 33.6. The first kappa shape index (κ1) is 60.7. The molecule has 224 valence electrons. The zero-order valence-corrected chi connectivity index (χ0v) is 26.3. The fourth-order valence-electron chi connectivity index (χ4n) is 0.690. The van der Waals surface area contributed by atoms with Crippen molar-refractivity contribution in [3.05, 3.63) is 0 Å². The van der Waals surface area contributed by atoms with Crippen LogP contribution < -0.4 is 75.4 Å². The predicted molar refractivity (Wildman–Crippen MR) is 98.4 cm³/mol. The minimum atomic E-state index is -5.18. The van der Waals surface area contributed by atoms with E-state index in [0.717, 1.165) is 0 Å². The molecule has 0 spiro atoms. The summed E-state index contributed by atoms with van der Waals surface area (Å²) in [5, 5.41) is -7.94. The molecule has 0 aromatic heterocycles. The van der Waals surface area contributed by atoms with E-state index >= 15 is 0 Å². The Morgan fingerprint density at radius 1 is 0.300 bits per heavy atom.